The first-order chi connectivity index (χ1) is 4.77. The van der Waals surface area contributed by atoms with Crippen LogP contribution < -0.4 is 0 Å². The average Bonchev–Trinajstić information content (AvgIpc) is 2.43. The summed E-state index contributed by atoms with van der Waals surface area (Å²) < 4.78 is 0. The first kappa shape index (κ1) is 12.5. The summed E-state index contributed by atoms with van der Waals surface area (Å²) in [6.07, 6.45) is -0.167. The van der Waals surface area contributed by atoms with Gasteiger partial charge in [0.25, 0.3) is 0 Å². The van der Waals surface area contributed by atoms with E-state index in [1.54, 1.807) is 11.3 Å². The molecule has 11 heavy (non-hydrogen) atoms. The topological polar surface area (TPSA) is 85.9 Å². The molecule has 0 aromatic carbocycles. The summed E-state index contributed by atoms with van der Waals surface area (Å²) in [6.45, 7) is 0. The van der Waals surface area contributed by atoms with Crippen molar-refractivity contribution < 1.29 is 20.2 Å². The van der Waals surface area contributed by atoms with E-state index in [2.05, 4.69) is 0 Å². The van der Waals surface area contributed by atoms with Crippen LogP contribution in [0.1, 0.15) is 0 Å². The minimum Gasteiger partial charge on any atom is -0.476 e. The van der Waals surface area contributed by atoms with E-state index in [0.717, 1.165) is 0 Å². The number of carbonyl (C=O) groups excluding carboxylic acids is 1. The third-order valence-corrected chi connectivity index (χ3v) is 1.15. The fraction of sp³-hybridized carbons (Fsp3) is 0. The SMILES string of the molecule is O.O=CC(=O)O.c1ccsc1. The van der Waals surface area contributed by atoms with Crippen molar-refractivity contribution in [3.8, 4) is 0 Å². The third kappa shape index (κ3) is 12.1. The van der Waals surface area contributed by atoms with E-state index in [0.29, 0.717) is 0 Å². The Morgan fingerprint density at radius 2 is 1.73 bits per heavy atom. The number of aliphatic carboxylic acids is 1. The molecule has 1 heterocycles. The van der Waals surface area contributed by atoms with Crippen molar-refractivity contribution in [1.29, 1.82) is 0 Å². The Labute approximate surface area is 67.4 Å². The Bertz CT molecular complexity index is 165. The van der Waals surface area contributed by atoms with Crippen LogP contribution in [0.25, 0.3) is 0 Å². The van der Waals surface area contributed by atoms with E-state index in [4.69, 9.17) is 14.7 Å². The minimum atomic E-state index is -1.43. The van der Waals surface area contributed by atoms with Crippen LogP contribution in [0.2, 0.25) is 0 Å². The highest BCUT2D eigenvalue weighted by molar-refractivity contribution is 7.07. The zero-order valence-corrected chi connectivity index (χ0v) is 6.38. The van der Waals surface area contributed by atoms with Gasteiger partial charge in [-0.15, -0.1) is 0 Å². The van der Waals surface area contributed by atoms with Crippen molar-refractivity contribution >= 4 is 23.6 Å². The Balaban J connectivity index is 0. The smallest absolute Gasteiger partial charge is 0.368 e. The van der Waals surface area contributed by atoms with Crippen molar-refractivity contribution in [1.82, 2.24) is 0 Å². The molecule has 0 atom stereocenters. The molecule has 3 N–H and O–H groups in total. The molecule has 0 fully saturated rings. The highest BCUT2D eigenvalue weighted by Crippen LogP contribution is 1.91. The molecule has 0 aliphatic heterocycles. The molecule has 4 nitrogen and oxygen atoms in total. The molecule has 0 aliphatic rings. The normalized spacial score (nSPS) is 6.55. The van der Waals surface area contributed by atoms with E-state index in [1.165, 1.54) is 0 Å². The van der Waals surface area contributed by atoms with Gasteiger partial charge in [-0.3, -0.25) is 4.79 Å². The zero-order chi connectivity index (χ0) is 7.82. The molecule has 1 rings (SSSR count). The minimum absolute atomic E-state index is 0. The summed E-state index contributed by atoms with van der Waals surface area (Å²) in [7, 11) is 0. The second-order valence-electron chi connectivity index (χ2n) is 1.25. The third-order valence-electron chi connectivity index (χ3n) is 0.526. The van der Waals surface area contributed by atoms with Gasteiger partial charge in [-0.2, -0.15) is 11.3 Å². The van der Waals surface area contributed by atoms with E-state index < -0.39 is 5.97 Å². The number of carboxylic acids is 1. The van der Waals surface area contributed by atoms with E-state index in [1.807, 2.05) is 22.9 Å². The van der Waals surface area contributed by atoms with Gasteiger partial charge in [0.1, 0.15) is 0 Å². The van der Waals surface area contributed by atoms with E-state index in [-0.39, 0.29) is 11.8 Å². The van der Waals surface area contributed by atoms with Crippen molar-refractivity contribution in [3.05, 3.63) is 22.9 Å². The predicted octanol–water partition coefficient (Wildman–Crippen LogP) is 0.193. The van der Waals surface area contributed by atoms with Crippen LogP contribution in [-0.4, -0.2) is 22.8 Å². The maximum Gasteiger partial charge on any atom is 0.368 e. The van der Waals surface area contributed by atoms with Gasteiger partial charge in [0, 0.05) is 0 Å². The summed E-state index contributed by atoms with van der Waals surface area (Å²) in [5.74, 6) is -1.43. The molecule has 0 radical (unpaired) electrons. The summed E-state index contributed by atoms with van der Waals surface area (Å²) >= 11 is 1.71. The monoisotopic (exact) mass is 176 g/mol. The van der Waals surface area contributed by atoms with Crippen LogP contribution in [0.15, 0.2) is 22.9 Å². The highest BCUT2D eigenvalue weighted by Gasteiger charge is 1.80. The standard InChI is InChI=1S/C4H4S.C2H2O3.H2O/c1-2-4-5-3-1;3-1-2(4)5;/h1-4H;1H,(H,4,5);1H2. The fourth-order valence-corrected chi connectivity index (χ4v) is 0.680. The maximum absolute atomic E-state index is 9.00. The van der Waals surface area contributed by atoms with E-state index in [9.17, 15) is 0 Å². The summed E-state index contributed by atoms with van der Waals surface area (Å²) in [5.41, 5.74) is 0. The molecule has 0 saturated carbocycles. The van der Waals surface area contributed by atoms with Gasteiger partial charge in [-0.05, 0) is 10.8 Å². The van der Waals surface area contributed by atoms with Crippen LogP contribution in [0.5, 0.6) is 0 Å². The van der Waals surface area contributed by atoms with Gasteiger partial charge in [-0.25, -0.2) is 4.79 Å². The van der Waals surface area contributed by atoms with Crippen LogP contribution in [0, 0.1) is 0 Å². The lowest BCUT2D eigenvalue weighted by Crippen LogP contribution is -1.91. The molecule has 0 aliphatic carbocycles. The summed E-state index contributed by atoms with van der Waals surface area (Å²) in [5, 5.41) is 11.4. The van der Waals surface area contributed by atoms with Crippen molar-refractivity contribution in [2.45, 2.75) is 0 Å². The molecule has 0 spiro atoms. The lowest BCUT2D eigenvalue weighted by atomic mass is 10.7. The number of thiophene rings is 1. The van der Waals surface area contributed by atoms with Gasteiger partial charge in [0.15, 0.2) is 0 Å². The Hall–Kier alpha value is -1.20. The molecule has 0 bridgehead atoms. The number of aldehydes is 1. The number of carbonyl (C=O) groups is 2. The average molecular weight is 176 g/mol. The fourth-order valence-electron chi connectivity index (χ4n) is 0.227. The van der Waals surface area contributed by atoms with Crippen molar-refractivity contribution in [3.63, 3.8) is 0 Å². The molecule has 1 aromatic heterocycles. The van der Waals surface area contributed by atoms with Crippen molar-refractivity contribution in [2.75, 3.05) is 0 Å². The second kappa shape index (κ2) is 8.80. The van der Waals surface area contributed by atoms with E-state index >= 15 is 0 Å². The number of rotatable bonds is 1. The van der Waals surface area contributed by atoms with Crippen LogP contribution >= 0.6 is 11.3 Å². The zero-order valence-electron chi connectivity index (χ0n) is 5.56. The second-order valence-corrected chi connectivity index (χ2v) is 2.07. The summed E-state index contributed by atoms with van der Waals surface area (Å²) in [4.78, 5) is 17.9. The van der Waals surface area contributed by atoms with Crippen molar-refractivity contribution in [2.24, 2.45) is 0 Å². The molecule has 5 heteroatoms. The van der Waals surface area contributed by atoms with Gasteiger partial charge in [0.05, 0.1) is 0 Å². The molecule has 0 amide bonds. The summed E-state index contributed by atoms with van der Waals surface area (Å²) in [6, 6.07) is 4.04. The molecule has 1 aromatic rings. The molecule has 62 valence electrons. The highest BCUT2D eigenvalue weighted by atomic mass is 32.1. The molecule has 0 saturated heterocycles. The molecular formula is C6H8O4S. The lowest BCUT2D eigenvalue weighted by molar-refractivity contribution is -0.143. The van der Waals surface area contributed by atoms with Crippen LogP contribution in [0.3, 0.4) is 0 Å². The number of hydrogen-bond donors (Lipinski definition) is 1. The van der Waals surface area contributed by atoms with Crippen LogP contribution in [-0.2, 0) is 9.59 Å². The van der Waals surface area contributed by atoms with Crippen LogP contribution in [0.4, 0.5) is 0 Å². The van der Waals surface area contributed by atoms with Gasteiger partial charge >= 0.3 is 5.97 Å². The largest absolute Gasteiger partial charge is 0.476 e. The van der Waals surface area contributed by atoms with Gasteiger partial charge < -0.3 is 10.6 Å². The maximum atomic E-state index is 9.00. The van der Waals surface area contributed by atoms with Gasteiger partial charge in [0.2, 0.25) is 6.29 Å². The predicted molar refractivity (Wildman–Crippen MR) is 41.6 cm³/mol. The number of hydrogen-bond acceptors (Lipinski definition) is 3. The molecular weight excluding hydrogens is 168 g/mol. The Morgan fingerprint density at radius 1 is 1.36 bits per heavy atom. The first-order valence-corrected chi connectivity index (χ1v) is 3.37. The molecule has 0 unspecified atom stereocenters. The number of carboxylic acid groups (broad SMARTS) is 1. The quantitative estimate of drug-likeness (QED) is 0.489. The first-order valence-electron chi connectivity index (χ1n) is 2.42. The Morgan fingerprint density at radius 3 is 1.82 bits per heavy atom. The Kier molecular flexibility index (Phi) is 9.98. The van der Waals surface area contributed by atoms with Gasteiger partial charge in [-0.1, -0.05) is 12.1 Å². The lowest BCUT2D eigenvalue weighted by Gasteiger charge is -1.59.